The van der Waals surface area contributed by atoms with Crippen molar-refractivity contribution >= 4 is 29.9 Å². The Kier molecular flexibility index (Phi) is 13.2. The Hall–Kier alpha value is -0.0800. The maximum Gasteiger partial charge on any atom is 0.191 e. The van der Waals surface area contributed by atoms with Crippen LogP contribution in [0.4, 0.5) is 0 Å². The van der Waals surface area contributed by atoms with Gasteiger partial charge < -0.3 is 20.5 Å². The van der Waals surface area contributed by atoms with Crippen molar-refractivity contribution < 1.29 is 9.84 Å². The second kappa shape index (κ2) is 13.2. The normalized spacial score (nSPS) is 23.3. The van der Waals surface area contributed by atoms with Gasteiger partial charge in [-0.2, -0.15) is 0 Å². The summed E-state index contributed by atoms with van der Waals surface area (Å²) in [7, 11) is 0. The molecule has 5 nitrogen and oxygen atoms in total. The molecule has 23 heavy (non-hydrogen) atoms. The van der Waals surface area contributed by atoms with E-state index in [1.165, 1.54) is 0 Å². The molecule has 0 heterocycles. The first-order valence-corrected chi connectivity index (χ1v) is 8.91. The molecular weight excluding hydrogens is 405 g/mol. The highest BCUT2D eigenvalue weighted by molar-refractivity contribution is 14.0. The summed E-state index contributed by atoms with van der Waals surface area (Å²) in [5.41, 5.74) is 0. The van der Waals surface area contributed by atoms with Gasteiger partial charge in [0.2, 0.25) is 0 Å². The molecule has 1 saturated carbocycles. The van der Waals surface area contributed by atoms with Crippen molar-refractivity contribution in [3.63, 3.8) is 0 Å². The Balaban J connectivity index is 0.00000484. The third kappa shape index (κ3) is 9.72. The van der Waals surface area contributed by atoms with Crippen LogP contribution in [0.5, 0.6) is 0 Å². The van der Waals surface area contributed by atoms with Crippen molar-refractivity contribution in [2.45, 2.75) is 78.0 Å². The Morgan fingerprint density at radius 1 is 1.22 bits per heavy atom. The van der Waals surface area contributed by atoms with Gasteiger partial charge in [-0.25, -0.2) is 0 Å². The first-order valence-electron chi connectivity index (χ1n) is 8.91. The van der Waals surface area contributed by atoms with E-state index in [2.05, 4.69) is 36.4 Å². The van der Waals surface area contributed by atoms with E-state index in [1.807, 2.05) is 6.92 Å². The van der Waals surface area contributed by atoms with Gasteiger partial charge in [0.25, 0.3) is 0 Å². The molecule has 3 N–H and O–H groups in total. The van der Waals surface area contributed by atoms with E-state index in [0.29, 0.717) is 12.0 Å². The summed E-state index contributed by atoms with van der Waals surface area (Å²) in [6, 6.07) is 0.425. The van der Waals surface area contributed by atoms with E-state index >= 15 is 0 Å². The minimum atomic E-state index is -0.115. The molecule has 0 bridgehead atoms. The predicted molar refractivity (Wildman–Crippen MR) is 108 cm³/mol. The molecule has 0 saturated heterocycles. The molecule has 0 aromatic carbocycles. The molecule has 1 unspecified atom stereocenters. The molecule has 138 valence electrons. The summed E-state index contributed by atoms with van der Waals surface area (Å²) < 4.78 is 5.77. The topological polar surface area (TPSA) is 65.9 Å². The summed E-state index contributed by atoms with van der Waals surface area (Å²) in [6.45, 7) is 10.9. The van der Waals surface area contributed by atoms with Crippen LogP contribution in [0, 0.1) is 5.92 Å². The lowest BCUT2D eigenvalue weighted by Gasteiger charge is -2.27. The zero-order valence-electron chi connectivity index (χ0n) is 15.2. The van der Waals surface area contributed by atoms with Crippen molar-refractivity contribution in [3.8, 4) is 0 Å². The first kappa shape index (κ1) is 22.9. The van der Waals surface area contributed by atoms with Gasteiger partial charge in [-0.3, -0.25) is 4.99 Å². The predicted octanol–water partition coefficient (Wildman–Crippen LogP) is 2.91. The number of ether oxygens (including phenoxy) is 1. The summed E-state index contributed by atoms with van der Waals surface area (Å²) >= 11 is 0. The average Bonchev–Trinajstić information content (AvgIpc) is 2.48. The van der Waals surface area contributed by atoms with E-state index in [-0.39, 0.29) is 36.2 Å². The SMILES string of the molecule is CCNC(=NCCC(OCC)C(C)C)NC1CCC(O)CC1.I. The minimum absolute atomic E-state index is 0. The number of aliphatic hydroxyl groups excluding tert-OH is 1. The molecule has 0 radical (unpaired) electrons. The fourth-order valence-electron chi connectivity index (χ4n) is 2.86. The van der Waals surface area contributed by atoms with Crippen LogP contribution in [0.2, 0.25) is 0 Å². The van der Waals surface area contributed by atoms with Crippen LogP contribution in [0.1, 0.15) is 59.8 Å². The van der Waals surface area contributed by atoms with Gasteiger partial charge in [0.05, 0.1) is 12.2 Å². The van der Waals surface area contributed by atoms with Crippen LogP contribution >= 0.6 is 24.0 Å². The summed E-state index contributed by atoms with van der Waals surface area (Å²) in [6.07, 6.45) is 4.91. The highest BCUT2D eigenvalue weighted by atomic mass is 127. The largest absolute Gasteiger partial charge is 0.393 e. The molecule has 6 heteroatoms. The lowest BCUT2D eigenvalue weighted by Crippen LogP contribution is -2.45. The van der Waals surface area contributed by atoms with Gasteiger partial charge in [0.15, 0.2) is 5.96 Å². The fourth-order valence-corrected chi connectivity index (χ4v) is 2.86. The summed E-state index contributed by atoms with van der Waals surface area (Å²) in [4.78, 5) is 4.68. The molecule has 1 aliphatic carbocycles. The maximum atomic E-state index is 9.58. The average molecular weight is 441 g/mol. The zero-order valence-corrected chi connectivity index (χ0v) is 17.5. The van der Waals surface area contributed by atoms with Crippen molar-refractivity contribution in [1.29, 1.82) is 0 Å². The quantitative estimate of drug-likeness (QED) is 0.308. The van der Waals surface area contributed by atoms with E-state index in [9.17, 15) is 5.11 Å². The number of aliphatic imine (C=N–C) groups is 1. The Bertz CT molecular complexity index is 319. The van der Waals surface area contributed by atoms with Crippen molar-refractivity contribution in [3.05, 3.63) is 0 Å². The van der Waals surface area contributed by atoms with Crippen LogP contribution in [0.25, 0.3) is 0 Å². The van der Waals surface area contributed by atoms with Gasteiger partial charge in [0, 0.05) is 25.7 Å². The molecule has 0 aromatic heterocycles. The lowest BCUT2D eigenvalue weighted by molar-refractivity contribution is 0.0266. The van der Waals surface area contributed by atoms with Crippen LogP contribution in [0.3, 0.4) is 0 Å². The van der Waals surface area contributed by atoms with Gasteiger partial charge in [0.1, 0.15) is 0 Å². The van der Waals surface area contributed by atoms with Crippen molar-refractivity contribution in [2.24, 2.45) is 10.9 Å². The van der Waals surface area contributed by atoms with Crippen LogP contribution < -0.4 is 10.6 Å². The highest BCUT2D eigenvalue weighted by Gasteiger charge is 2.20. The molecule has 1 atom stereocenters. The van der Waals surface area contributed by atoms with Crippen LogP contribution in [-0.2, 0) is 4.74 Å². The summed E-state index contributed by atoms with van der Waals surface area (Å²) in [5.74, 6) is 1.41. The number of nitrogens with zero attached hydrogens (tertiary/aromatic N) is 1. The standard InChI is InChI=1S/C17H35N3O2.HI/c1-5-18-17(20-14-7-9-15(21)10-8-14)19-12-11-16(13(3)4)22-6-2;/h13-16,21H,5-12H2,1-4H3,(H2,18,19,20);1H. The minimum Gasteiger partial charge on any atom is -0.393 e. The number of aliphatic hydroxyl groups is 1. The van der Waals surface area contributed by atoms with E-state index in [0.717, 1.165) is 57.8 Å². The number of hydrogen-bond acceptors (Lipinski definition) is 3. The number of hydrogen-bond donors (Lipinski definition) is 3. The molecular formula is C17H36IN3O2. The van der Waals surface area contributed by atoms with Crippen LogP contribution in [-0.4, -0.2) is 49.0 Å². The molecule has 1 rings (SSSR count). The Morgan fingerprint density at radius 2 is 1.87 bits per heavy atom. The molecule has 0 aromatic rings. The molecule has 0 spiro atoms. The number of guanidine groups is 1. The number of nitrogens with one attached hydrogen (secondary N) is 2. The molecule has 0 amide bonds. The monoisotopic (exact) mass is 441 g/mol. The van der Waals surface area contributed by atoms with Gasteiger partial charge in [-0.05, 0) is 51.9 Å². The van der Waals surface area contributed by atoms with Gasteiger partial charge in [-0.15, -0.1) is 24.0 Å². The molecule has 0 aliphatic heterocycles. The molecule has 1 fully saturated rings. The van der Waals surface area contributed by atoms with Gasteiger partial charge in [-0.1, -0.05) is 13.8 Å². The van der Waals surface area contributed by atoms with Gasteiger partial charge >= 0.3 is 0 Å². The van der Waals surface area contributed by atoms with E-state index in [1.54, 1.807) is 0 Å². The van der Waals surface area contributed by atoms with Crippen molar-refractivity contribution in [1.82, 2.24) is 10.6 Å². The third-order valence-corrected chi connectivity index (χ3v) is 4.19. The van der Waals surface area contributed by atoms with Crippen molar-refractivity contribution in [2.75, 3.05) is 19.7 Å². The fraction of sp³-hybridized carbons (Fsp3) is 0.941. The maximum absolute atomic E-state index is 9.58. The molecule has 1 aliphatic rings. The second-order valence-corrected chi connectivity index (χ2v) is 6.44. The Morgan fingerprint density at radius 3 is 2.39 bits per heavy atom. The number of halogens is 1. The smallest absolute Gasteiger partial charge is 0.191 e. The highest BCUT2D eigenvalue weighted by Crippen LogP contribution is 2.18. The van der Waals surface area contributed by atoms with Crippen LogP contribution in [0.15, 0.2) is 4.99 Å². The third-order valence-electron chi connectivity index (χ3n) is 4.19. The first-order chi connectivity index (χ1) is 10.6. The van der Waals surface area contributed by atoms with E-state index in [4.69, 9.17) is 4.74 Å². The lowest BCUT2D eigenvalue weighted by atomic mass is 9.93. The Labute approximate surface area is 159 Å². The zero-order chi connectivity index (χ0) is 16.4. The second-order valence-electron chi connectivity index (χ2n) is 6.44. The summed E-state index contributed by atoms with van der Waals surface area (Å²) in [5, 5.41) is 16.4. The van der Waals surface area contributed by atoms with E-state index < -0.39 is 0 Å². The number of rotatable bonds is 8.